The number of thiazole rings is 1. The number of hydrogen-bond acceptors (Lipinski definition) is 11. The number of nitrogens with zero attached hydrogens (tertiary/aromatic N) is 6. The molecule has 3 aromatic heterocycles. The molecule has 0 saturated carbocycles. The van der Waals surface area contributed by atoms with Gasteiger partial charge in [0.15, 0.2) is 10.8 Å². The molecule has 11 nitrogen and oxygen atoms in total. The minimum absolute atomic E-state index is 0.00302. The SMILES string of the molecule is COC(=O)c1c(-c2ccc(F)cc2Cl)nc(-c2nccs2)nc1[C@H](c1ccncn1)N1CCOCC1C(=O)O. The highest BCUT2D eigenvalue weighted by atomic mass is 35.5. The average Bonchev–Trinajstić information content (AvgIpc) is 3.49. The molecular weight excluding hydrogens is 551 g/mol. The summed E-state index contributed by atoms with van der Waals surface area (Å²) in [4.78, 5) is 49.4. The summed E-state index contributed by atoms with van der Waals surface area (Å²) in [5.41, 5.74) is 0.734. The van der Waals surface area contributed by atoms with Gasteiger partial charge in [0.2, 0.25) is 0 Å². The van der Waals surface area contributed by atoms with E-state index in [2.05, 4.69) is 19.9 Å². The molecule has 0 radical (unpaired) electrons. The summed E-state index contributed by atoms with van der Waals surface area (Å²) in [7, 11) is 1.20. The lowest BCUT2D eigenvalue weighted by Gasteiger charge is -2.38. The predicted molar refractivity (Wildman–Crippen MR) is 138 cm³/mol. The fraction of sp³-hybridized carbons (Fsp3) is 0.240. The zero-order chi connectivity index (χ0) is 27.5. The number of esters is 1. The third-order valence-electron chi connectivity index (χ3n) is 6.07. The molecule has 0 amide bonds. The molecule has 1 aliphatic heterocycles. The van der Waals surface area contributed by atoms with Gasteiger partial charge >= 0.3 is 11.9 Å². The minimum Gasteiger partial charge on any atom is -0.480 e. The van der Waals surface area contributed by atoms with Crippen LogP contribution in [0.5, 0.6) is 0 Å². The Hall–Kier alpha value is -3.91. The van der Waals surface area contributed by atoms with Crippen LogP contribution < -0.4 is 0 Å². The van der Waals surface area contributed by atoms with E-state index in [1.54, 1.807) is 22.5 Å². The van der Waals surface area contributed by atoms with E-state index in [0.29, 0.717) is 10.7 Å². The molecule has 5 rings (SSSR count). The third kappa shape index (κ3) is 5.34. The molecule has 1 unspecified atom stereocenters. The van der Waals surface area contributed by atoms with Gasteiger partial charge in [-0.15, -0.1) is 11.3 Å². The van der Waals surface area contributed by atoms with Crippen molar-refractivity contribution in [3.8, 4) is 22.1 Å². The van der Waals surface area contributed by atoms with E-state index >= 15 is 0 Å². The van der Waals surface area contributed by atoms with Crippen LogP contribution in [0.25, 0.3) is 22.1 Å². The normalized spacial score (nSPS) is 16.5. The molecule has 1 aliphatic rings. The van der Waals surface area contributed by atoms with Gasteiger partial charge in [0.05, 0.1) is 48.5 Å². The van der Waals surface area contributed by atoms with Crippen LogP contribution >= 0.6 is 22.9 Å². The molecule has 0 bridgehead atoms. The first-order chi connectivity index (χ1) is 18.9. The van der Waals surface area contributed by atoms with E-state index in [4.69, 9.17) is 26.1 Å². The molecule has 1 N–H and O–H groups in total. The first-order valence-electron chi connectivity index (χ1n) is 11.6. The summed E-state index contributed by atoms with van der Waals surface area (Å²) >= 11 is 7.70. The van der Waals surface area contributed by atoms with Crippen molar-refractivity contribution in [3.63, 3.8) is 0 Å². The number of methoxy groups -OCH3 is 1. The van der Waals surface area contributed by atoms with E-state index in [-0.39, 0.29) is 53.1 Å². The number of rotatable bonds is 7. The Morgan fingerprint density at radius 1 is 1.26 bits per heavy atom. The van der Waals surface area contributed by atoms with Gasteiger partial charge in [0.25, 0.3) is 0 Å². The Bertz CT molecular complexity index is 1510. The number of benzene rings is 1. The van der Waals surface area contributed by atoms with E-state index in [0.717, 1.165) is 6.07 Å². The Balaban J connectivity index is 1.86. The van der Waals surface area contributed by atoms with E-state index < -0.39 is 29.8 Å². The molecule has 1 fully saturated rings. The monoisotopic (exact) mass is 570 g/mol. The first kappa shape index (κ1) is 26.7. The van der Waals surface area contributed by atoms with Crippen LogP contribution in [0.3, 0.4) is 0 Å². The van der Waals surface area contributed by atoms with Crippen molar-refractivity contribution in [3.05, 3.63) is 76.2 Å². The number of ether oxygens (including phenoxy) is 2. The lowest BCUT2D eigenvalue weighted by molar-refractivity contribution is -0.151. The van der Waals surface area contributed by atoms with Gasteiger partial charge in [-0.1, -0.05) is 11.6 Å². The predicted octanol–water partition coefficient (Wildman–Crippen LogP) is 3.51. The summed E-state index contributed by atoms with van der Waals surface area (Å²) in [6.07, 6.45) is 4.40. The van der Waals surface area contributed by atoms with Gasteiger partial charge in [0, 0.05) is 29.9 Å². The van der Waals surface area contributed by atoms with Gasteiger partial charge in [-0.3, -0.25) is 9.69 Å². The number of aliphatic carboxylic acids is 1. The molecular formula is C25H20ClFN6O5S. The zero-order valence-corrected chi connectivity index (χ0v) is 21.9. The van der Waals surface area contributed by atoms with Gasteiger partial charge in [0.1, 0.15) is 23.7 Å². The van der Waals surface area contributed by atoms with Crippen molar-refractivity contribution < 1.29 is 28.6 Å². The van der Waals surface area contributed by atoms with Crippen LogP contribution in [-0.4, -0.2) is 79.8 Å². The maximum Gasteiger partial charge on any atom is 0.342 e. The Morgan fingerprint density at radius 2 is 2.10 bits per heavy atom. The second kappa shape index (κ2) is 11.5. The Kier molecular flexibility index (Phi) is 7.84. The van der Waals surface area contributed by atoms with E-state index in [1.165, 1.54) is 43.1 Å². The number of halogens is 2. The van der Waals surface area contributed by atoms with Gasteiger partial charge in [-0.05, 0) is 24.3 Å². The lowest BCUT2D eigenvalue weighted by atomic mass is 9.96. The second-order valence-corrected chi connectivity index (χ2v) is 9.61. The van der Waals surface area contributed by atoms with Crippen LogP contribution in [0.2, 0.25) is 5.02 Å². The van der Waals surface area contributed by atoms with Crippen molar-refractivity contribution >= 4 is 34.9 Å². The van der Waals surface area contributed by atoms with Crippen LogP contribution in [-0.2, 0) is 14.3 Å². The first-order valence-corrected chi connectivity index (χ1v) is 12.8. The van der Waals surface area contributed by atoms with Crippen LogP contribution in [0.15, 0.2) is 48.4 Å². The number of hydrogen-bond donors (Lipinski definition) is 1. The van der Waals surface area contributed by atoms with Gasteiger partial charge < -0.3 is 14.6 Å². The van der Waals surface area contributed by atoms with Crippen LogP contribution in [0.4, 0.5) is 4.39 Å². The van der Waals surface area contributed by atoms with Crippen molar-refractivity contribution in [1.29, 1.82) is 0 Å². The molecule has 4 heterocycles. The molecule has 0 spiro atoms. The van der Waals surface area contributed by atoms with Crippen LogP contribution in [0, 0.1) is 5.82 Å². The van der Waals surface area contributed by atoms with E-state index in [1.807, 2.05) is 0 Å². The summed E-state index contributed by atoms with van der Waals surface area (Å²) in [5.74, 6) is -2.34. The molecule has 14 heteroatoms. The number of carboxylic acid groups (broad SMARTS) is 1. The highest BCUT2D eigenvalue weighted by Gasteiger charge is 2.40. The molecule has 0 aliphatic carbocycles. The average molecular weight is 571 g/mol. The van der Waals surface area contributed by atoms with Gasteiger partial charge in [-0.25, -0.2) is 34.1 Å². The quantitative estimate of drug-likeness (QED) is 0.326. The molecule has 2 atom stereocenters. The summed E-state index contributed by atoms with van der Waals surface area (Å²) < 4.78 is 24.6. The summed E-state index contributed by atoms with van der Waals surface area (Å²) in [5, 5.41) is 12.2. The fourth-order valence-corrected chi connectivity index (χ4v) is 5.18. The lowest BCUT2D eigenvalue weighted by Crippen LogP contribution is -2.52. The molecule has 1 saturated heterocycles. The Morgan fingerprint density at radius 3 is 2.77 bits per heavy atom. The number of carbonyl (C=O) groups excluding carboxylic acids is 1. The maximum atomic E-state index is 14.0. The van der Waals surface area contributed by atoms with Gasteiger partial charge in [-0.2, -0.15) is 0 Å². The highest BCUT2D eigenvalue weighted by molar-refractivity contribution is 7.13. The molecule has 39 heavy (non-hydrogen) atoms. The number of aromatic nitrogens is 5. The standard InChI is InChI=1S/C25H20ClFN6O5S/c1-37-25(36)18-19(14-3-2-13(27)10-15(14)26)31-22(23-29-6-9-39-23)32-20(18)21(16-4-5-28-12-30-16)33-7-8-38-11-17(33)24(34)35/h2-6,9-10,12,17,21H,7-8,11H2,1H3,(H,34,35)/t17?,21-/m0/s1. The van der Waals surface area contributed by atoms with Crippen molar-refractivity contribution in [2.45, 2.75) is 12.1 Å². The second-order valence-electron chi connectivity index (χ2n) is 8.31. The largest absolute Gasteiger partial charge is 0.480 e. The van der Waals surface area contributed by atoms with Crippen LogP contribution in [0.1, 0.15) is 27.8 Å². The molecule has 4 aromatic rings. The maximum absolute atomic E-state index is 14.0. The number of morpholine rings is 1. The fourth-order valence-electron chi connectivity index (χ4n) is 4.35. The zero-order valence-electron chi connectivity index (χ0n) is 20.3. The number of carboxylic acids is 1. The van der Waals surface area contributed by atoms with Crippen molar-refractivity contribution in [2.24, 2.45) is 0 Å². The van der Waals surface area contributed by atoms with Crippen molar-refractivity contribution in [1.82, 2.24) is 29.8 Å². The minimum atomic E-state index is -1.12. The highest BCUT2D eigenvalue weighted by Crippen LogP contribution is 2.39. The van der Waals surface area contributed by atoms with E-state index in [9.17, 15) is 19.1 Å². The molecule has 200 valence electrons. The smallest absolute Gasteiger partial charge is 0.342 e. The third-order valence-corrected chi connectivity index (χ3v) is 7.15. The molecule has 1 aromatic carbocycles. The topological polar surface area (TPSA) is 141 Å². The summed E-state index contributed by atoms with van der Waals surface area (Å²) in [6.45, 7) is 0.334. The summed E-state index contributed by atoms with van der Waals surface area (Å²) in [6, 6.07) is 3.25. The van der Waals surface area contributed by atoms with Crippen molar-refractivity contribution in [2.75, 3.05) is 26.9 Å². The Labute approximate surface area is 230 Å². The number of carbonyl (C=O) groups is 2.